The Morgan fingerprint density at radius 3 is 1.61 bits per heavy atom. The monoisotopic (exact) mass is 782 g/mol. The molecule has 0 rings (SSSR count). The molecule has 54 heavy (non-hydrogen) atoms. The quantitative estimate of drug-likeness (QED) is 0.0152. The molecule has 0 aromatic heterocycles. The lowest BCUT2D eigenvalue weighted by Gasteiger charge is -2.28. The third-order valence-corrected chi connectivity index (χ3v) is 9.81. The summed E-state index contributed by atoms with van der Waals surface area (Å²) in [7, 11) is 1.14. The van der Waals surface area contributed by atoms with Crippen LogP contribution in [0.3, 0.4) is 0 Å². The van der Waals surface area contributed by atoms with Crippen molar-refractivity contribution in [1.29, 1.82) is 0 Å². The Labute approximate surface area is 331 Å². The second-order valence-electron chi connectivity index (χ2n) is 15.4. The molecule has 2 atom stereocenters. The smallest absolute Gasteiger partial charge is 0.306 e. The number of carbonyl (C=O) groups excluding carboxylic acids is 2. The Hall–Kier alpha value is -2.03. The number of phosphoric acid groups is 1. The molecule has 0 fully saturated rings. The molecule has 0 aromatic carbocycles. The number of unbranched alkanes of at least 4 members (excludes halogenated alkanes) is 17. The predicted octanol–water partition coefficient (Wildman–Crippen LogP) is 11.3. The van der Waals surface area contributed by atoms with Crippen molar-refractivity contribution < 1.29 is 42.1 Å². The Morgan fingerprint density at radius 1 is 0.593 bits per heavy atom. The molecule has 0 aromatic rings. The van der Waals surface area contributed by atoms with Gasteiger partial charge in [-0.2, -0.15) is 0 Å². The minimum Gasteiger partial charge on any atom is -0.756 e. The summed E-state index contributed by atoms with van der Waals surface area (Å²) >= 11 is 0. The predicted molar refractivity (Wildman–Crippen MR) is 222 cm³/mol. The van der Waals surface area contributed by atoms with Gasteiger partial charge in [-0.1, -0.05) is 133 Å². The zero-order valence-electron chi connectivity index (χ0n) is 35.2. The lowest BCUT2D eigenvalue weighted by Crippen LogP contribution is -2.37. The first kappa shape index (κ1) is 52.0. The average Bonchev–Trinajstić information content (AvgIpc) is 3.12. The Kier molecular flexibility index (Phi) is 35.2. The Morgan fingerprint density at radius 2 is 1.06 bits per heavy atom. The molecule has 0 amide bonds. The van der Waals surface area contributed by atoms with E-state index in [1.165, 1.54) is 51.4 Å². The van der Waals surface area contributed by atoms with Crippen LogP contribution in [0, 0.1) is 0 Å². The maximum absolute atomic E-state index is 12.6. The van der Waals surface area contributed by atoms with Gasteiger partial charge in [0.2, 0.25) is 0 Å². The van der Waals surface area contributed by atoms with Crippen LogP contribution in [0.2, 0.25) is 0 Å². The molecule has 9 nitrogen and oxygen atoms in total. The van der Waals surface area contributed by atoms with E-state index in [9.17, 15) is 19.0 Å². The molecule has 10 heteroatoms. The number of phosphoric ester groups is 1. The van der Waals surface area contributed by atoms with Crippen LogP contribution in [0.15, 0.2) is 48.6 Å². The number of hydrogen-bond donors (Lipinski definition) is 0. The standard InChI is InChI=1S/C44H80NO8P/c1-6-8-10-12-14-16-18-20-22-24-26-28-30-32-34-36-43(46)50-40-42(41-52-54(48,49)51-39-38-45(3,4)5)53-44(47)37-35-33-31-29-27-25-23-21-19-17-15-13-11-9-7-2/h14,16-17,19-23,42H,6-13,15,18,24-41H2,1-5H3/b16-14+,19-17+,22-20+,23-21+/t42-/m1/s1. The average molecular weight is 782 g/mol. The van der Waals surface area contributed by atoms with Crippen LogP contribution in [0.1, 0.15) is 168 Å². The molecule has 314 valence electrons. The van der Waals surface area contributed by atoms with Crippen molar-refractivity contribution in [3.05, 3.63) is 48.6 Å². The number of esters is 2. The lowest BCUT2D eigenvalue weighted by molar-refractivity contribution is -0.870. The first-order valence-corrected chi connectivity index (χ1v) is 22.8. The van der Waals surface area contributed by atoms with Gasteiger partial charge >= 0.3 is 11.9 Å². The van der Waals surface area contributed by atoms with Crippen molar-refractivity contribution in [2.75, 3.05) is 47.5 Å². The minimum absolute atomic E-state index is 0.0379. The maximum Gasteiger partial charge on any atom is 0.306 e. The second kappa shape index (κ2) is 36.6. The zero-order chi connectivity index (χ0) is 40.0. The van der Waals surface area contributed by atoms with E-state index in [0.717, 1.165) is 77.0 Å². The number of likely N-dealkylation sites (N-methyl/N-ethyl adjacent to an activating group) is 1. The fourth-order valence-corrected chi connectivity index (χ4v) is 6.17. The van der Waals surface area contributed by atoms with Gasteiger partial charge < -0.3 is 27.9 Å². The molecule has 0 bridgehead atoms. The van der Waals surface area contributed by atoms with Crippen molar-refractivity contribution in [2.24, 2.45) is 0 Å². The van der Waals surface area contributed by atoms with Crippen LogP contribution in [0.5, 0.6) is 0 Å². The van der Waals surface area contributed by atoms with Gasteiger partial charge in [-0.05, 0) is 70.6 Å². The van der Waals surface area contributed by atoms with Crippen LogP contribution in [0.4, 0.5) is 0 Å². The van der Waals surface area contributed by atoms with Gasteiger partial charge in [0.1, 0.15) is 19.8 Å². The summed E-state index contributed by atoms with van der Waals surface area (Å²) in [4.78, 5) is 37.5. The molecule has 0 saturated heterocycles. The summed E-state index contributed by atoms with van der Waals surface area (Å²) in [5, 5.41) is 0. The van der Waals surface area contributed by atoms with Gasteiger partial charge in [0.15, 0.2) is 6.10 Å². The summed E-state index contributed by atoms with van der Waals surface area (Å²) in [5.41, 5.74) is 0. The summed E-state index contributed by atoms with van der Waals surface area (Å²) in [6, 6.07) is 0. The highest BCUT2D eigenvalue weighted by molar-refractivity contribution is 7.45. The summed E-state index contributed by atoms with van der Waals surface area (Å²) in [5.74, 6) is -0.871. The van der Waals surface area contributed by atoms with Gasteiger partial charge in [0.05, 0.1) is 27.7 Å². The van der Waals surface area contributed by atoms with E-state index >= 15 is 0 Å². The largest absolute Gasteiger partial charge is 0.756 e. The van der Waals surface area contributed by atoms with E-state index in [4.69, 9.17) is 18.5 Å². The molecular weight excluding hydrogens is 701 g/mol. The second-order valence-corrected chi connectivity index (χ2v) is 16.8. The molecule has 0 saturated carbocycles. The van der Waals surface area contributed by atoms with Crippen molar-refractivity contribution in [3.63, 3.8) is 0 Å². The van der Waals surface area contributed by atoms with Crippen LogP contribution in [-0.4, -0.2) is 70.0 Å². The van der Waals surface area contributed by atoms with Gasteiger partial charge in [-0.25, -0.2) is 0 Å². The first-order valence-electron chi connectivity index (χ1n) is 21.4. The van der Waals surface area contributed by atoms with Crippen LogP contribution in [-0.2, 0) is 32.7 Å². The zero-order valence-corrected chi connectivity index (χ0v) is 36.0. The minimum atomic E-state index is -4.63. The molecule has 0 aliphatic heterocycles. The molecule has 0 N–H and O–H groups in total. The normalized spacial score (nSPS) is 14.1. The van der Waals surface area contributed by atoms with Gasteiger partial charge in [-0.3, -0.25) is 14.2 Å². The van der Waals surface area contributed by atoms with Crippen LogP contribution >= 0.6 is 7.82 Å². The fourth-order valence-electron chi connectivity index (χ4n) is 5.44. The molecule has 1 unspecified atom stereocenters. The first-order chi connectivity index (χ1) is 26.0. The van der Waals surface area contributed by atoms with Gasteiger partial charge in [0, 0.05) is 12.8 Å². The van der Waals surface area contributed by atoms with E-state index < -0.39 is 32.5 Å². The third-order valence-electron chi connectivity index (χ3n) is 8.85. The van der Waals surface area contributed by atoms with Crippen molar-refractivity contribution >= 4 is 19.8 Å². The number of ether oxygens (including phenoxy) is 2. The highest BCUT2D eigenvalue weighted by Gasteiger charge is 2.21. The van der Waals surface area contributed by atoms with Crippen molar-refractivity contribution in [1.82, 2.24) is 0 Å². The van der Waals surface area contributed by atoms with Crippen molar-refractivity contribution in [2.45, 2.75) is 174 Å². The van der Waals surface area contributed by atoms with Crippen LogP contribution in [0.25, 0.3) is 0 Å². The highest BCUT2D eigenvalue weighted by atomic mass is 31.2. The molecule has 0 aliphatic carbocycles. The van der Waals surface area contributed by atoms with E-state index in [1.54, 1.807) is 0 Å². The topological polar surface area (TPSA) is 111 Å². The van der Waals surface area contributed by atoms with E-state index in [0.29, 0.717) is 23.9 Å². The number of quaternary nitrogens is 1. The summed E-state index contributed by atoms with van der Waals surface area (Å²) in [6.45, 7) is 4.13. The lowest BCUT2D eigenvalue weighted by atomic mass is 10.1. The molecule has 0 aliphatic rings. The Balaban J connectivity index is 4.44. The van der Waals surface area contributed by atoms with Crippen LogP contribution < -0.4 is 4.89 Å². The highest BCUT2D eigenvalue weighted by Crippen LogP contribution is 2.38. The number of allylic oxidation sites excluding steroid dienone is 8. The Bertz CT molecular complexity index is 1070. The van der Waals surface area contributed by atoms with Gasteiger partial charge in [0.25, 0.3) is 7.82 Å². The van der Waals surface area contributed by atoms with E-state index in [2.05, 4.69) is 62.5 Å². The third kappa shape index (κ3) is 39.7. The maximum atomic E-state index is 12.6. The SMILES string of the molecule is CCCCC/C=C/C/C=C/CCCCCCCC(=O)OC[C@H](COP(=O)([O-])OCC[N+](C)(C)C)OC(=O)CCCCCCC/C=C/C=C/CCCCCC. The van der Waals surface area contributed by atoms with E-state index in [-0.39, 0.29) is 26.1 Å². The molecule has 0 heterocycles. The number of hydrogen-bond acceptors (Lipinski definition) is 8. The summed E-state index contributed by atoms with van der Waals surface area (Å²) in [6.07, 6.45) is 41.3. The fraction of sp³-hybridized carbons (Fsp3) is 0.773. The number of nitrogens with zero attached hydrogens (tertiary/aromatic N) is 1. The molecule has 0 spiro atoms. The summed E-state index contributed by atoms with van der Waals surface area (Å²) < 4.78 is 33.8. The van der Waals surface area contributed by atoms with E-state index in [1.807, 2.05) is 21.1 Å². The number of carbonyl (C=O) groups is 2. The number of rotatable bonds is 38. The molecular formula is C44H80NO8P. The van der Waals surface area contributed by atoms with Crippen molar-refractivity contribution in [3.8, 4) is 0 Å². The van der Waals surface area contributed by atoms with Gasteiger partial charge in [-0.15, -0.1) is 0 Å². The molecule has 0 radical (unpaired) electrons.